The summed E-state index contributed by atoms with van der Waals surface area (Å²) in [5, 5.41) is 0. The highest BCUT2D eigenvalue weighted by atomic mass is 32.2. The zero-order valence-corrected chi connectivity index (χ0v) is 5.60. The average molecular weight is 140 g/mol. The van der Waals surface area contributed by atoms with Gasteiger partial charge >= 0.3 is 0 Å². The Kier molecular flexibility index (Phi) is 1.95. The molecule has 0 aromatic carbocycles. The first-order valence-electron chi connectivity index (χ1n) is 2.45. The van der Waals surface area contributed by atoms with E-state index < -0.39 is 0 Å². The van der Waals surface area contributed by atoms with Crippen LogP contribution >= 0.6 is 11.9 Å². The second kappa shape index (κ2) is 2.73. The van der Waals surface area contributed by atoms with Gasteiger partial charge in [-0.15, -0.1) is 0 Å². The fourth-order valence-corrected chi connectivity index (χ4v) is 0.864. The lowest BCUT2D eigenvalue weighted by Crippen LogP contribution is -2.10. The molecule has 1 radical (unpaired) electrons. The number of pyridine rings is 1. The summed E-state index contributed by atoms with van der Waals surface area (Å²) >= 11 is 1.15. The molecule has 0 amide bonds. The van der Waals surface area contributed by atoms with Crippen LogP contribution in [0.5, 0.6) is 0 Å². The highest BCUT2D eigenvalue weighted by Crippen LogP contribution is 1.95. The predicted molar refractivity (Wildman–Crippen MR) is 39.0 cm³/mol. The Morgan fingerprint density at radius 1 is 1.56 bits per heavy atom. The largest absolute Gasteiger partial charge is 0.268 e. The minimum atomic E-state index is -0.0301. The fraction of sp³-hybridized carbons (Fsp3) is 0. The first-order chi connectivity index (χ1) is 4.34. The van der Waals surface area contributed by atoms with E-state index >= 15 is 0 Å². The molecule has 0 N–H and O–H groups in total. The van der Waals surface area contributed by atoms with Crippen molar-refractivity contribution in [3.63, 3.8) is 0 Å². The molecule has 1 aromatic heterocycles. The Morgan fingerprint density at radius 2 is 2.33 bits per heavy atom. The van der Waals surface area contributed by atoms with Crippen molar-refractivity contribution in [1.82, 2.24) is 3.97 Å². The monoisotopic (exact) mass is 140 g/mol. The van der Waals surface area contributed by atoms with Gasteiger partial charge in [0, 0.05) is 18.5 Å². The van der Waals surface area contributed by atoms with Crippen molar-refractivity contribution in [1.29, 1.82) is 0 Å². The molecule has 0 saturated heterocycles. The lowest BCUT2D eigenvalue weighted by atomic mass is 10.5. The Labute approximate surface area is 57.6 Å². The van der Waals surface area contributed by atoms with Gasteiger partial charge in [0.05, 0.1) is 0 Å². The maximum Gasteiger partial charge on any atom is 0.260 e. The predicted octanol–water partition coefficient (Wildman–Crippen LogP) is 1.14. The van der Waals surface area contributed by atoms with Gasteiger partial charge in [0.1, 0.15) is 0 Å². The maximum absolute atomic E-state index is 10.8. The van der Waals surface area contributed by atoms with Crippen molar-refractivity contribution in [3.05, 3.63) is 41.0 Å². The Morgan fingerprint density at radius 3 is 2.78 bits per heavy atom. The number of hydrogen-bond donors (Lipinski definition) is 0. The van der Waals surface area contributed by atoms with E-state index in [0.29, 0.717) is 0 Å². The van der Waals surface area contributed by atoms with Gasteiger partial charge in [-0.05, 0) is 18.0 Å². The minimum Gasteiger partial charge on any atom is -0.268 e. The number of rotatable bonds is 1. The number of hydrogen-bond acceptors (Lipinski definition) is 2. The molecular weight excluding hydrogens is 134 g/mol. The quantitative estimate of drug-likeness (QED) is 0.583. The summed E-state index contributed by atoms with van der Waals surface area (Å²) in [7, 11) is 0. The van der Waals surface area contributed by atoms with Crippen LogP contribution in [0, 0.1) is 6.26 Å². The molecule has 0 unspecified atom stereocenters. The third-order valence-electron chi connectivity index (χ3n) is 0.928. The highest BCUT2D eigenvalue weighted by molar-refractivity contribution is 7.98. The van der Waals surface area contributed by atoms with E-state index in [0.717, 1.165) is 11.9 Å². The molecule has 0 aliphatic rings. The molecule has 0 aliphatic heterocycles. The second-order valence-electron chi connectivity index (χ2n) is 1.49. The van der Waals surface area contributed by atoms with Crippen molar-refractivity contribution in [2.75, 3.05) is 0 Å². The van der Waals surface area contributed by atoms with Crippen LogP contribution in [0.25, 0.3) is 0 Å². The lowest BCUT2D eigenvalue weighted by Gasteiger charge is -1.94. The van der Waals surface area contributed by atoms with Gasteiger partial charge in [0.2, 0.25) is 0 Å². The summed E-state index contributed by atoms with van der Waals surface area (Å²) in [5.74, 6) is 0. The SMILES string of the molecule is [CH2]Sn1ccccc1=O. The van der Waals surface area contributed by atoms with E-state index in [2.05, 4.69) is 6.26 Å². The molecular formula is C6H6NOS. The molecule has 0 aliphatic carbocycles. The van der Waals surface area contributed by atoms with Gasteiger partial charge in [-0.25, -0.2) is 0 Å². The van der Waals surface area contributed by atoms with Gasteiger partial charge in [-0.1, -0.05) is 6.07 Å². The van der Waals surface area contributed by atoms with E-state index in [1.54, 1.807) is 18.3 Å². The first-order valence-corrected chi connectivity index (χ1v) is 3.39. The van der Waals surface area contributed by atoms with Gasteiger partial charge < -0.3 is 0 Å². The number of nitrogens with zero attached hydrogens (tertiary/aromatic N) is 1. The average Bonchev–Trinajstić information content (AvgIpc) is 1.89. The van der Waals surface area contributed by atoms with Gasteiger partial charge in [-0.2, -0.15) is 0 Å². The van der Waals surface area contributed by atoms with Gasteiger partial charge in [0.15, 0.2) is 0 Å². The third kappa shape index (κ3) is 1.36. The van der Waals surface area contributed by atoms with Gasteiger partial charge in [-0.3, -0.25) is 8.77 Å². The van der Waals surface area contributed by atoms with Crippen LogP contribution in [0.1, 0.15) is 0 Å². The lowest BCUT2D eigenvalue weighted by molar-refractivity contribution is 1.15. The van der Waals surface area contributed by atoms with Crippen molar-refractivity contribution in [2.45, 2.75) is 0 Å². The molecule has 9 heavy (non-hydrogen) atoms. The molecule has 2 nitrogen and oxygen atoms in total. The normalized spacial score (nSPS) is 9.44. The Bertz CT molecular complexity index is 243. The van der Waals surface area contributed by atoms with Gasteiger partial charge in [0.25, 0.3) is 5.56 Å². The Hall–Kier alpha value is -0.700. The highest BCUT2D eigenvalue weighted by Gasteiger charge is 1.86. The topological polar surface area (TPSA) is 22.0 Å². The van der Waals surface area contributed by atoms with Crippen LogP contribution in [-0.2, 0) is 0 Å². The summed E-state index contributed by atoms with van der Waals surface area (Å²) in [6, 6.07) is 4.99. The molecule has 0 fully saturated rings. The number of aromatic nitrogens is 1. The first kappa shape index (κ1) is 6.42. The van der Waals surface area contributed by atoms with E-state index in [4.69, 9.17) is 0 Å². The molecule has 1 aromatic rings. The standard InChI is InChI=1S/C6H6NOS/c1-9-7-5-3-2-4-6(7)8/h2-5H,1H2. The van der Waals surface area contributed by atoms with Crippen LogP contribution in [0.4, 0.5) is 0 Å². The minimum absolute atomic E-state index is 0.0301. The summed E-state index contributed by atoms with van der Waals surface area (Å²) in [5.41, 5.74) is -0.0301. The molecule has 1 rings (SSSR count). The van der Waals surface area contributed by atoms with E-state index in [-0.39, 0.29) is 5.56 Å². The smallest absolute Gasteiger partial charge is 0.260 e. The summed E-state index contributed by atoms with van der Waals surface area (Å²) in [6.07, 6.45) is 5.18. The molecule has 3 heteroatoms. The van der Waals surface area contributed by atoms with Crippen LogP contribution in [-0.4, -0.2) is 3.97 Å². The zero-order valence-electron chi connectivity index (χ0n) is 4.78. The van der Waals surface area contributed by atoms with Crippen LogP contribution in [0.3, 0.4) is 0 Å². The summed E-state index contributed by atoms with van der Waals surface area (Å²) < 4.78 is 1.46. The van der Waals surface area contributed by atoms with Crippen molar-refractivity contribution in [3.8, 4) is 0 Å². The molecule has 1 heterocycles. The van der Waals surface area contributed by atoms with E-state index in [1.807, 2.05) is 0 Å². The molecule has 0 bridgehead atoms. The molecule has 0 atom stereocenters. The molecule has 0 spiro atoms. The van der Waals surface area contributed by atoms with Crippen molar-refractivity contribution >= 4 is 11.9 Å². The zero-order chi connectivity index (χ0) is 6.69. The molecule has 0 saturated carbocycles. The maximum atomic E-state index is 10.8. The summed E-state index contributed by atoms with van der Waals surface area (Å²) in [6.45, 7) is 0. The summed E-state index contributed by atoms with van der Waals surface area (Å²) in [4.78, 5) is 10.8. The fourth-order valence-electron chi connectivity index (χ4n) is 0.519. The van der Waals surface area contributed by atoms with Crippen LogP contribution in [0.15, 0.2) is 29.2 Å². The van der Waals surface area contributed by atoms with E-state index in [1.165, 1.54) is 10.0 Å². The molecule has 47 valence electrons. The Balaban J connectivity index is 3.16. The van der Waals surface area contributed by atoms with Crippen LogP contribution < -0.4 is 5.56 Å². The second-order valence-corrected chi connectivity index (χ2v) is 2.15. The van der Waals surface area contributed by atoms with Crippen LogP contribution in [0.2, 0.25) is 0 Å². The van der Waals surface area contributed by atoms with Crippen molar-refractivity contribution in [2.24, 2.45) is 0 Å². The van der Waals surface area contributed by atoms with Crippen molar-refractivity contribution < 1.29 is 0 Å². The third-order valence-corrected chi connectivity index (χ3v) is 1.51. The van der Waals surface area contributed by atoms with E-state index in [9.17, 15) is 4.79 Å².